The Kier molecular flexibility index (Phi) is 4.24. The van der Waals surface area contributed by atoms with Gasteiger partial charge < -0.3 is 15.1 Å². The minimum absolute atomic E-state index is 0.00200. The Morgan fingerprint density at radius 1 is 1.25 bits per heavy atom. The minimum Gasteiger partial charge on any atom is -0.508 e. The van der Waals surface area contributed by atoms with E-state index in [0.717, 1.165) is 22.5 Å². The monoisotopic (exact) mass is 343 g/mol. The number of rotatable bonds is 4. The quantitative estimate of drug-likeness (QED) is 0.859. The summed E-state index contributed by atoms with van der Waals surface area (Å²) in [6, 6.07) is 12.4. The summed E-state index contributed by atoms with van der Waals surface area (Å²) in [5.74, 6) is -0.941. The van der Waals surface area contributed by atoms with Crippen molar-refractivity contribution in [3.63, 3.8) is 0 Å². The van der Waals surface area contributed by atoms with Gasteiger partial charge >= 0.3 is 5.97 Å². The Morgan fingerprint density at radius 2 is 1.92 bits per heavy atom. The lowest BCUT2D eigenvalue weighted by molar-refractivity contribution is -0.137. The third-order valence-corrected chi connectivity index (χ3v) is 4.77. The van der Waals surface area contributed by atoms with Crippen LogP contribution in [-0.2, 0) is 4.79 Å². The zero-order valence-electron chi connectivity index (χ0n) is 13.2. The SMILES string of the molecule is C=C(c1ccc(Cl)cc1)N1c2ccc(O)cc2C(CC(=O)O)C1C. The van der Waals surface area contributed by atoms with Crippen LogP contribution in [0.2, 0.25) is 5.02 Å². The predicted molar refractivity (Wildman–Crippen MR) is 95.5 cm³/mol. The van der Waals surface area contributed by atoms with Crippen LogP contribution in [-0.4, -0.2) is 22.2 Å². The molecule has 24 heavy (non-hydrogen) atoms. The van der Waals surface area contributed by atoms with Gasteiger partial charge in [-0.15, -0.1) is 0 Å². The molecule has 0 radical (unpaired) electrons. The molecule has 0 aromatic heterocycles. The number of carbonyl (C=O) groups is 1. The van der Waals surface area contributed by atoms with Gasteiger partial charge in [-0.2, -0.15) is 0 Å². The largest absolute Gasteiger partial charge is 0.508 e. The van der Waals surface area contributed by atoms with Gasteiger partial charge in [-0.1, -0.05) is 30.3 Å². The predicted octanol–water partition coefficient (Wildman–Crippen LogP) is 4.48. The molecule has 1 aliphatic heterocycles. The van der Waals surface area contributed by atoms with Gasteiger partial charge in [0.15, 0.2) is 0 Å². The van der Waals surface area contributed by atoms with Gasteiger partial charge in [0.05, 0.1) is 6.42 Å². The van der Waals surface area contributed by atoms with Crippen molar-refractivity contribution in [3.8, 4) is 5.75 Å². The summed E-state index contributed by atoms with van der Waals surface area (Å²) in [6.07, 6.45) is 0.00200. The topological polar surface area (TPSA) is 60.8 Å². The summed E-state index contributed by atoms with van der Waals surface area (Å²) >= 11 is 5.95. The van der Waals surface area contributed by atoms with Crippen LogP contribution in [0.25, 0.3) is 5.70 Å². The number of phenolic OH excluding ortho intramolecular Hbond substituents is 1. The summed E-state index contributed by atoms with van der Waals surface area (Å²) in [6.45, 7) is 6.17. The average Bonchev–Trinajstić information content (AvgIpc) is 2.79. The molecule has 0 aliphatic carbocycles. The van der Waals surface area contributed by atoms with E-state index in [-0.39, 0.29) is 24.1 Å². The zero-order valence-corrected chi connectivity index (χ0v) is 14.0. The van der Waals surface area contributed by atoms with E-state index in [1.54, 1.807) is 24.3 Å². The third kappa shape index (κ3) is 2.85. The van der Waals surface area contributed by atoms with Crippen molar-refractivity contribution in [1.82, 2.24) is 0 Å². The number of carboxylic acids is 1. The maximum Gasteiger partial charge on any atom is 0.304 e. The maximum absolute atomic E-state index is 11.3. The van der Waals surface area contributed by atoms with Crippen LogP contribution in [0.15, 0.2) is 49.0 Å². The van der Waals surface area contributed by atoms with Gasteiger partial charge in [-0.3, -0.25) is 4.79 Å². The molecule has 0 saturated heterocycles. The molecule has 0 saturated carbocycles. The number of nitrogens with zero attached hydrogens (tertiary/aromatic N) is 1. The summed E-state index contributed by atoms with van der Waals surface area (Å²) in [4.78, 5) is 13.3. The van der Waals surface area contributed by atoms with Crippen molar-refractivity contribution in [2.75, 3.05) is 4.90 Å². The van der Waals surface area contributed by atoms with Crippen LogP contribution in [0.3, 0.4) is 0 Å². The number of carboxylic acid groups (broad SMARTS) is 1. The number of anilines is 1. The molecule has 2 atom stereocenters. The van der Waals surface area contributed by atoms with Crippen LogP contribution in [0.1, 0.15) is 30.4 Å². The van der Waals surface area contributed by atoms with Crippen LogP contribution in [0.4, 0.5) is 5.69 Å². The Morgan fingerprint density at radius 3 is 2.54 bits per heavy atom. The highest BCUT2D eigenvalue weighted by molar-refractivity contribution is 6.30. The Balaban J connectivity index is 2.03. The lowest BCUT2D eigenvalue weighted by atomic mass is 9.92. The first-order chi connectivity index (χ1) is 11.4. The van der Waals surface area contributed by atoms with Crippen LogP contribution in [0, 0.1) is 0 Å². The smallest absolute Gasteiger partial charge is 0.304 e. The van der Waals surface area contributed by atoms with E-state index in [4.69, 9.17) is 11.6 Å². The van der Waals surface area contributed by atoms with Crippen molar-refractivity contribution >= 4 is 29.0 Å². The van der Waals surface area contributed by atoms with Crippen molar-refractivity contribution in [2.45, 2.75) is 25.3 Å². The normalized spacial score (nSPS) is 19.2. The second-order valence-electron chi connectivity index (χ2n) is 6.01. The van der Waals surface area contributed by atoms with Crippen LogP contribution >= 0.6 is 11.6 Å². The molecular weight excluding hydrogens is 326 g/mol. The molecule has 0 spiro atoms. The molecule has 124 valence electrons. The van der Waals surface area contributed by atoms with Crippen molar-refractivity contribution < 1.29 is 15.0 Å². The van der Waals surface area contributed by atoms with E-state index in [0.29, 0.717) is 5.02 Å². The lowest BCUT2D eigenvalue weighted by Gasteiger charge is -2.29. The fourth-order valence-corrected chi connectivity index (χ4v) is 3.48. The zero-order chi connectivity index (χ0) is 17.4. The van der Waals surface area contributed by atoms with Crippen molar-refractivity contribution in [1.29, 1.82) is 0 Å². The molecule has 0 fully saturated rings. The van der Waals surface area contributed by atoms with Crippen LogP contribution in [0.5, 0.6) is 5.75 Å². The molecule has 3 rings (SSSR count). The molecule has 2 aromatic carbocycles. The highest BCUT2D eigenvalue weighted by Crippen LogP contribution is 2.47. The average molecular weight is 344 g/mol. The summed E-state index contributed by atoms with van der Waals surface area (Å²) in [7, 11) is 0. The number of halogens is 1. The fraction of sp³-hybridized carbons (Fsp3) is 0.211. The number of hydrogen-bond donors (Lipinski definition) is 2. The van der Waals surface area contributed by atoms with Crippen molar-refractivity contribution in [2.24, 2.45) is 0 Å². The van der Waals surface area contributed by atoms with E-state index in [1.165, 1.54) is 0 Å². The van der Waals surface area contributed by atoms with Crippen molar-refractivity contribution in [3.05, 3.63) is 65.2 Å². The first-order valence-electron chi connectivity index (χ1n) is 7.67. The summed E-state index contributed by atoms with van der Waals surface area (Å²) in [5.41, 5.74) is 3.41. The first kappa shape index (κ1) is 16.4. The lowest BCUT2D eigenvalue weighted by Crippen LogP contribution is -2.30. The van der Waals surface area contributed by atoms with E-state index < -0.39 is 5.97 Å². The van der Waals surface area contributed by atoms with E-state index in [2.05, 4.69) is 6.58 Å². The number of benzene rings is 2. The van der Waals surface area contributed by atoms with Gasteiger partial charge in [0.2, 0.25) is 0 Å². The van der Waals surface area contributed by atoms with Gasteiger partial charge in [0.1, 0.15) is 5.75 Å². The molecule has 1 aliphatic rings. The van der Waals surface area contributed by atoms with Crippen LogP contribution < -0.4 is 4.90 Å². The van der Waals surface area contributed by atoms with E-state index >= 15 is 0 Å². The van der Waals surface area contributed by atoms with E-state index in [9.17, 15) is 15.0 Å². The minimum atomic E-state index is -0.861. The van der Waals surface area contributed by atoms with Gasteiger partial charge in [0.25, 0.3) is 0 Å². The molecule has 5 heteroatoms. The first-order valence-corrected chi connectivity index (χ1v) is 8.05. The molecule has 4 nitrogen and oxygen atoms in total. The summed E-state index contributed by atoms with van der Waals surface area (Å²) < 4.78 is 0. The molecule has 2 N–H and O–H groups in total. The van der Waals surface area contributed by atoms with E-state index in [1.807, 2.05) is 30.0 Å². The maximum atomic E-state index is 11.3. The fourth-order valence-electron chi connectivity index (χ4n) is 3.36. The number of aliphatic carboxylic acids is 1. The molecule has 2 unspecified atom stereocenters. The number of fused-ring (bicyclic) bond motifs is 1. The van der Waals surface area contributed by atoms with Gasteiger partial charge in [-0.05, 0) is 48.4 Å². The Labute approximate surface area is 145 Å². The Bertz CT molecular complexity index is 801. The molecule has 0 amide bonds. The second-order valence-corrected chi connectivity index (χ2v) is 6.45. The molecule has 2 aromatic rings. The standard InChI is InChI=1S/C19H18ClNO3/c1-11(13-3-5-14(20)6-4-13)21-12(2)16(10-19(23)24)17-9-15(22)7-8-18(17)21/h3-9,12,16,22H,1,10H2,2H3,(H,23,24). The number of hydrogen-bond acceptors (Lipinski definition) is 3. The number of aromatic hydroxyl groups is 1. The Hall–Kier alpha value is -2.46. The third-order valence-electron chi connectivity index (χ3n) is 4.52. The second kappa shape index (κ2) is 6.21. The molecular formula is C19H18ClNO3. The van der Waals surface area contributed by atoms with Gasteiger partial charge in [-0.25, -0.2) is 0 Å². The highest BCUT2D eigenvalue weighted by Gasteiger charge is 2.38. The highest BCUT2D eigenvalue weighted by atomic mass is 35.5. The summed E-state index contributed by atoms with van der Waals surface area (Å²) in [5, 5.41) is 19.7. The van der Waals surface area contributed by atoms with Gasteiger partial charge in [0, 0.05) is 28.4 Å². The molecule has 0 bridgehead atoms. The molecule has 1 heterocycles. The number of phenols is 1.